The standard InChI is InChI=1S/C76H104N18O19S2/c1-41(79)64(100)82-37-61(99)83-58-39-114-115-40-59(76(112)113)92-72(108)57(38-95)91-75(111)63(43(3)97)94-71(107)54(33-46-23-11-6-12-24-46)90-74(110)62(42(2)96)93-66(102)51(28-16-18-30-78)84-69(105)55(34-47-36-81-49-26-14-13-25-48(47)49)88-68(104)53(32-45-21-9-5-10-22-45)86-67(103)52(31-44-19-7-4-8-20-44)87-70(106)56(35-60(80)98)89-65(101)50(85-73(58)109)27-15-17-29-77/h4-14,19-26,36,41-43,50-59,62-63,81,95-97H,15-18,27-35,37-40,77-79H2,1-3H3,(H2,80,98)(H,82,100)(H,83,99)(H,84,105)(H,85,109)(H,86,103)(H,87,106)(H,88,104)(H,89,101)(H,90,110)(H,91,111)(H,92,108)(H,93,102)(H,94,107)(H,112,113)/t41-,42+,43-,50-,51-,52-,53-,54-,55-,56-,57-,58+,59+,62-,63-/m1/s1. The van der Waals surface area contributed by atoms with Crippen molar-refractivity contribution >= 4 is 121 Å². The van der Waals surface area contributed by atoms with E-state index in [1.54, 1.807) is 121 Å². The van der Waals surface area contributed by atoms with Gasteiger partial charge in [0.2, 0.25) is 82.7 Å². The molecule has 26 N–H and O–H groups in total. The van der Waals surface area contributed by atoms with Gasteiger partial charge in [0.05, 0.1) is 37.8 Å². The van der Waals surface area contributed by atoms with E-state index in [1.165, 1.54) is 6.92 Å². The molecular weight excluding hydrogens is 1530 g/mol. The van der Waals surface area contributed by atoms with E-state index in [9.17, 15) is 78.0 Å². The molecule has 1 saturated heterocycles. The van der Waals surface area contributed by atoms with Gasteiger partial charge in [-0.3, -0.25) is 67.1 Å². The summed E-state index contributed by atoms with van der Waals surface area (Å²) in [5.74, 6) is -17.7. The van der Waals surface area contributed by atoms with Gasteiger partial charge in [-0.1, -0.05) is 131 Å². The van der Waals surface area contributed by atoms with Crippen molar-refractivity contribution in [2.24, 2.45) is 22.9 Å². The van der Waals surface area contributed by atoms with Gasteiger partial charge in [-0.2, -0.15) is 0 Å². The minimum atomic E-state index is -1.99. The van der Waals surface area contributed by atoms with E-state index in [-0.39, 0.29) is 70.9 Å². The van der Waals surface area contributed by atoms with Crippen molar-refractivity contribution in [3.63, 3.8) is 0 Å². The first-order chi connectivity index (χ1) is 54.9. The van der Waals surface area contributed by atoms with Gasteiger partial charge < -0.3 is 117 Å². The fraction of sp³-hybridized carbons (Fsp3) is 0.461. The third-order valence-corrected chi connectivity index (χ3v) is 20.7. The normalized spacial score (nSPS) is 23.7. The molecule has 14 amide bonds. The van der Waals surface area contributed by atoms with Gasteiger partial charge in [-0.05, 0) is 101 Å². The average Bonchev–Trinajstić information content (AvgIpc) is 1.81. The third-order valence-electron chi connectivity index (χ3n) is 18.3. The number of nitrogens with two attached hydrogens (primary N) is 4. The highest BCUT2D eigenvalue weighted by molar-refractivity contribution is 8.76. The lowest BCUT2D eigenvalue weighted by Crippen LogP contribution is -2.63. The van der Waals surface area contributed by atoms with Crippen molar-refractivity contribution in [1.82, 2.24) is 74.1 Å². The van der Waals surface area contributed by atoms with E-state index in [4.69, 9.17) is 22.9 Å². The largest absolute Gasteiger partial charge is 0.480 e. The van der Waals surface area contributed by atoms with Crippen molar-refractivity contribution in [1.29, 1.82) is 0 Å². The summed E-state index contributed by atoms with van der Waals surface area (Å²) < 4.78 is 0. The Kier molecular flexibility index (Phi) is 38.4. The molecule has 1 aliphatic heterocycles. The van der Waals surface area contributed by atoms with Gasteiger partial charge in [0.15, 0.2) is 0 Å². The summed E-state index contributed by atoms with van der Waals surface area (Å²) in [5, 5.41) is 76.1. The van der Waals surface area contributed by atoms with Crippen molar-refractivity contribution in [2.75, 3.05) is 37.7 Å². The van der Waals surface area contributed by atoms with Crippen LogP contribution in [0.5, 0.6) is 0 Å². The van der Waals surface area contributed by atoms with E-state index in [2.05, 4.69) is 74.1 Å². The van der Waals surface area contributed by atoms with E-state index in [0.29, 0.717) is 39.6 Å². The molecule has 1 aliphatic rings. The van der Waals surface area contributed by atoms with Crippen LogP contribution in [-0.4, -0.2) is 243 Å². The van der Waals surface area contributed by atoms with E-state index >= 15 is 14.4 Å². The van der Waals surface area contributed by atoms with Crippen LogP contribution in [0.2, 0.25) is 0 Å². The predicted molar refractivity (Wildman–Crippen MR) is 425 cm³/mol. The first kappa shape index (κ1) is 92.8. The fourth-order valence-electron chi connectivity index (χ4n) is 11.9. The number of aliphatic hydroxyl groups is 3. The Morgan fingerprint density at radius 3 is 1.30 bits per heavy atom. The molecule has 37 nitrogen and oxygen atoms in total. The number of carboxylic acid groups (broad SMARTS) is 1. The van der Waals surface area contributed by atoms with Crippen LogP contribution in [0.4, 0.5) is 0 Å². The number of hydrogen-bond acceptors (Lipinski definition) is 23. The molecule has 0 radical (unpaired) electrons. The molecule has 1 aromatic heterocycles. The number of primary amides is 1. The Morgan fingerprint density at radius 2 is 0.852 bits per heavy atom. The van der Waals surface area contributed by atoms with Crippen molar-refractivity contribution < 1.29 is 92.3 Å². The molecule has 6 rings (SSSR count). The monoisotopic (exact) mass is 1640 g/mol. The molecule has 4 aromatic carbocycles. The second kappa shape index (κ2) is 47.6. The smallest absolute Gasteiger partial charge is 0.327 e. The highest BCUT2D eigenvalue weighted by atomic mass is 33.1. The van der Waals surface area contributed by atoms with Crippen molar-refractivity contribution in [3.05, 3.63) is 144 Å². The van der Waals surface area contributed by atoms with Crippen LogP contribution < -0.4 is 92.1 Å². The Hall–Kier alpha value is -11.1. The molecule has 1 fully saturated rings. The highest BCUT2D eigenvalue weighted by Crippen LogP contribution is 2.25. The molecule has 15 atom stereocenters. The first-order valence-corrected chi connectivity index (χ1v) is 39.8. The molecule has 5 aromatic rings. The molecule has 0 spiro atoms. The summed E-state index contributed by atoms with van der Waals surface area (Å²) in [6.07, 6.45) is -3.48. The molecule has 0 unspecified atom stereocenters. The number of aromatic nitrogens is 1. The molecule has 115 heavy (non-hydrogen) atoms. The van der Waals surface area contributed by atoms with Crippen LogP contribution in [0.1, 0.15) is 88.0 Å². The number of nitrogens with one attached hydrogen (secondary N) is 14. The molecule has 0 bridgehead atoms. The molecule has 39 heteroatoms. The summed E-state index contributed by atoms with van der Waals surface area (Å²) >= 11 is 0. The van der Waals surface area contributed by atoms with Crippen LogP contribution in [0, 0.1) is 0 Å². The van der Waals surface area contributed by atoms with Crippen molar-refractivity contribution in [2.45, 2.75) is 182 Å². The van der Waals surface area contributed by atoms with Gasteiger partial charge in [-0.25, -0.2) is 4.79 Å². The van der Waals surface area contributed by atoms with Crippen LogP contribution >= 0.6 is 21.6 Å². The maximum Gasteiger partial charge on any atom is 0.327 e. The van der Waals surface area contributed by atoms with Gasteiger partial charge in [0.1, 0.15) is 72.5 Å². The zero-order valence-electron chi connectivity index (χ0n) is 63.8. The summed E-state index contributed by atoms with van der Waals surface area (Å²) in [5.41, 5.74) is 25.6. The van der Waals surface area contributed by atoms with Crippen LogP contribution in [0.3, 0.4) is 0 Å². The highest BCUT2D eigenvalue weighted by Gasteiger charge is 2.40. The fourth-order valence-corrected chi connectivity index (χ4v) is 14.3. The average molecular weight is 1640 g/mol. The second-order valence-electron chi connectivity index (χ2n) is 27.6. The van der Waals surface area contributed by atoms with Gasteiger partial charge in [-0.15, -0.1) is 0 Å². The maximum atomic E-state index is 15.4. The van der Waals surface area contributed by atoms with Crippen LogP contribution in [-0.2, 0) is 97.6 Å². The number of hydrogen-bond donors (Lipinski definition) is 22. The molecule has 0 aliphatic carbocycles. The number of aliphatic hydroxyl groups excluding tert-OH is 3. The summed E-state index contributed by atoms with van der Waals surface area (Å²) in [6.45, 7) is 1.88. The molecule has 2 heterocycles. The predicted octanol–water partition coefficient (Wildman–Crippen LogP) is -4.91. The first-order valence-electron chi connectivity index (χ1n) is 37.4. The van der Waals surface area contributed by atoms with Gasteiger partial charge >= 0.3 is 5.97 Å². The number of aromatic amines is 1. The summed E-state index contributed by atoms with van der Waals surface area (Å²) in [7, 11) is 1.49. The number of amides is 14. The Labute approximate surface area is 670 Å². The number of H-pyrrole nitrogens is 1. The lowest BCUT2D eigenvalue weighted by atomic mass is 10.00. The Balaban J connectivity index is 1.47. The number of carboxylic acids is 1. The number of aliphatic carboxylic acids is 1. The number of unbranched alkanes of at least 4 members (excludes halogenated alkanes) is 2. The molecule has 624 valence electrons. The van der Waals surface area contributed by atoms with Crippen LogP contribution in [0.15, 0.2) is 121 Å². The van der Waals surface area contributed by atoms with E-state index in [0.717, 1.165) is 35.4 Å². The Bertz CT molecular complexity index is 4130. The zero-order chi connectivity index (χ0) is 84.3. The molecule has 0 saturated carbocycles. The van der Waals surface area contributed by atoms with Gasteiger partial charge in [0.25, 0.3) is 0 Å². The zero-order valence-corrected chi connectivity index (χ0v) is 65.4. The number of fused-ring (bicyclic) bond motifs is 1. The maximum absolute atomic E-state index is 15.4. The van der Waals surface area contributed by atoms with Gasteiger partial charge in [0, 0.05) is 54.3 Å². The quantitative estimate of drug-likeness (QED) is 0.0182. The molecular formula is C76H104N18O19S2. The second-order valence-corrected chi connectivity index (χ2v) is 30.1. The third kappa shape index (κ3) is 30.7. The number of para-hydroxylation sites is 1. The topological polar surface area (TPSA) is 613 Å². The van der Waals surface area contributed by atoms with E-state index < -0.39 is 210 Å². The summed E-state index contributed by atoms with van der Waals surface area (Å²) in [4.78, 5) is 217. The summed E-state index contributed by atoms with van der Waals surface area (Å²) in [6, 6.07) is 9.57. The Morgan fingerprint density at radius 1 is 0.470 bits per heavy atom. The number of benzene rings is 4. The number of rotatable bonds is 26. The number of carbonyl (C=O) groups excluding carboxylic acids is 14. The lowest BCUT2D eigenvalue weighted by Gasteiger charge is -2.29. The SMILES string of the molecule is C[C@H](O)[C@H]1NC(=O)[C@@H](CCCCN)NC(=O)[C@@H](Cc2c[nH]c3ccccc23)NC(=O)[C@@H](Cc2ccccc2)NC(=O)[C@@H](Cc2ccccc2)NC(=O)[C@@H](CC(N)=O)NC(=O)[C@@H](CCCCN)NC(=O)[C@@H](NC(=O)CNC(=O)[C@@H](C)N)CSSC[C@@H](C(=O)O)NC(=O)[C@@H](CO)NC(=O)[C@@H]([C@@H](C)O)NC(=O)[C@@H](Cc2ccccc2)NC1=O. The van der Waals surface area contributed by atoms with E-state index in [1.807, 2.05) is 0 Å². The lowest BCUT2D eigenvalue weighted by molar-refractivity contribution is -0.142. The minimum Gasteiger partial charge on any atom is -0.480 e. The van der Waals surface area contributed by atoms with Crippen molar-refractivity contribution in [3.8, 4) is 0 Å². The number of carbonyl (C=O) groups is 15. The minimum absolute atomic E-state index is 0.104. The van der Waals surface area contributed by atoms with Crippen LogP contribution in [0.25, 0.3) is 10.9 Å².